The monoisotopic (exact) mass is 464 g/mol. The highest BCUT2D eigenvalue weighted by Gasteiger charge is 2.16. The van der Waals surface area contributed by atoms with Crippen LogP contribution in [0.3, 0.4) is 0 Å². The van der Waals surface area contributed by atoms with Crippen LogP contribution < -0.4 is 4.74 Å². The third kappa shape index (κ3) is 5.85. The zero-order valence-electron chi connectivity index (χ0n) is 19.9. The molecule has 4 heteroatoms. The number of Topliss-reactive ketones (excluding diaryl/α,β-unsaturated/α-hetero) is 1. The van der Waals surface area contributed by atoms with Gasteiger partial charge in [-0.25, -0.2) is 0 Å². The molecule has 3 aromatic carbocycles. The largest absolute Gasteiger partial charge is 0.508 e. The van der Waals surface area contributed by atoms with Gasteiger partial charge in [-0.2, -0.15) is 0 Å². The van der Waals surface area contributed by atoms with Gasteiger partial charge >= 0.3 is 0 Å². The summed E-state index contributed by atoms with van der Waals surface area (Å²) in [5, 5.41) is 9.39. The first-order chi connectivity index (χ1) is 16.9. The van der Waals surface area contributed by atoms with Crippen LogP contribution in [-0.4, -0.2) is 16.7 Å². The molecular formula is C31H28O4. The number of hydrogen-bond donors (Lipinski definition) is 1. The van der Waals surface area contributed by atoms with Crippen LogP contribution in [-0.2, 0) is 0 Å². The summed E-state index contributed by atoms with van der Waals surface area (Å²) in [5.74, 6) is 1.55. The summed E-state index contributed by atoms with van der Waals surface area (Å²) < 4.78 is 5.89. The van der Waals surface area contributed by atoms with E-state index in [9.17, 15) is 14.7 Å². The smallest absolute Gasteiger partial charge is 0.193 e. The summed E-state index contributed by atoms with van der Waals surface area (Å²) in [4.78, 5) is 25.5. The van der Waals surface area contributed by atoms with Gasteiger partial charge in [-0.1, -0.05) is 36.8 Å². The van der Waals surface area contributed by atoms with E-state index in [1.54, 1.807) is 60.7 Å². The normalized spacial score (nSPS) is 15.4. The van der Waals surface area contributed by atoms with Crippen LogP contribution in [0.1, 0.15) is 53.0 Å². The number of benzene rings is 3. The maximum Gasteiger partial charge on any atom is 0.193 e. The summed E-state index contributed by atoms with van der Waals surface area (Å²) in [7, 11) is 0. The second kappa shape index (κ2) is 10.8. The van der Waals surface area contributed by atoms with Crippen molar-refractivity contribution >= 4 is 11.6 Å². The Morgan fingerprint density at radius 2 is 1.37 bits per heavy atom. The van der Waals surface area contributed by atoms with Gasteiger partial charge in [-0.15, -0.1) is 0 Å². The molecule has 1 aliphatic rings. The van der Waals surface area contributed by atoms with Crippen molar-refractivity contribution in [2.24, 2.45) is 5.92 Å². The molecule has 4 rings (SSSR count). The molecule has 0 spiro atoms. The number of phenols is 1. The number of aromatic hydroxyl groups is 1. The standard InChI is InChI=1S/C31H28O4/c1-3-4-21(2)22-5-7-23(8-6-22)30(33)25-11-17-28(18-12-25)35-29-19-13-26(14-20-29)31(34)24-9-15-27(32)16-10-24/h4-5,7-20,22,32H,3,6H2,1-2H3. The first-order valence-corrected chi connectivity index (χ1v) is 11.8. The Morgan fingerprint density at radius 1 is 0.857 bits per heavy atom. The van der Waals surface area contributed by atoms with E-state index in [0.717, 1.165) is 12.8 Å². The summed E-state index contributed by atoms with van der Waals surface area (Å²) in [6.45, 7) is 4.27. The van der Waals surface area contributed by atoms with Gasteiger partial charge < -0.3 is 9.84 Å². The minimum Gasteiger partial charge on any atom is -0.508 e. The Kier molecular flexibility index (Phi) is 7.41. The Morgan fingerprint density at radius 3 is 1.86 bits per heavy atom. The van der Waals surface area contributed by atoms with E-state index in [1.165, 1.54) is 17.7 Å². The molecule has 0 saturated heterocycles. The lowest BCUT2D eigenvalue weighted by atomic mass is 9.88. The molecule has 0 aromatic heterocycles. The predicted octanol–water partition coefficient (Wildman–Crippen LogP) is 7.46. The molecule has 1 aliphatic carbocycles. The minimum absolute atomic E-state index is 0.000435. The molecule has 0 bridgehead atoms. The van der Waals surface area contributed by atoms with Gasteiger partial charge in [-0.3, -0.25) is 9.59 Å². The Balaban J connectivity index is 1.37. The predicted molar refractivity (Wildman–Crippen MR) is 138 cm³/mol. The third-order valence-corrected chi connectivity index (χ3v) is 6.07. The summed E-state index contributed by atoms with van der Waals surface area (Å²) >= 11 is 0. The molecule has 1 unspecified atom stereocenters. The van der Waals surface area contributed by atoms with E-state index in [4.69, 9.17) is 4.74 Å². The van der Waals surface area contributed by atoms with Crippen molar-refractivity contribution in [3.05, 3.63) is 125 Å². The SMILES string of the molecule is CCC=C(C)C1C=CC(C(=O)c2ccc(Oc3ccc(C(=O)c4ccc(O)cc4)cc3)cc2)=CC1. The maximum absolute atomic E-state index is 12.9. The molecule has 0 fully saturated rings. The molecule has 4 nitrogen and oxygen atoms in total. The number of hydrogen-bond acceptors (Lipinski definition) is 4. The zero-order chi connectivity index (χ0) is 24.8. The quantitative estimate of drug-likeness (QED) is 0.278. The van der Waals surface area contributed by atoms with Gasteiger partial charge in [0.25, 0.3) is 0 Å². The number of rotatable bonds is 8. The number of ether oxygens (including phenoxy) is 1. The molecule has 0 aliphatic heterocycles. The van der Waals surface area contributed by atoms with Crippen LogP contribution in [0.4, 0.5) is 0 Å². The number of allylic oxidation sites excluding steroid dienone is 6. The molecular weight excluding hydrogens is 436 g/mol. The second-order valence-electron chi connectivity index (χ2n) is 8.57. The fraction of sp³-hybridized carbons (Fsp3) is 0.161. The van der Waals surface area contributed by atoms with Crippen LogP contribution in [0.25, 0.3) is 0 Å². The second-order valence-corrected chi connectivity index (χ2v) is 8.57. The van der Waals surface area contributed by atoms with Gasteiger partial charge in [0.05, 0.1) is 0 Å². The molecule has 176 valence electrons. The first kappa shape index (κ1) is 24.0. The van der Waals surface area contributed by atoms with Crippen LogP contribution >= 0.6 is 0 Å². The van der Waals surface area contributed by atoms with Crippen molar-refractivity contribution in [1.29, 1.82) is 0 Å². The fourth-order valence-corrected chi connectivity index (χ4v) is 4.03. The van der Waals surface area contributed by atoms with E-state index < -0.39 is 0 Å². The van der Waals surface area contributed by atoms with Crippen molar-refractivity contribution in [1.82, 2.24) is 0 Å². The van der Waals surface area contributed by atoms with E-state index in [-0.39, 0.29) is 17.3 Å². The number of carbonyl (C=O) groups excluding carboxylic acids is 2. The molecule has 1 atom stereocenters. The molecule has 1 N–H and O–H groups in total. The third-order valence-electron chi connectivity index (χ3n) is 6.07. The maximum atomic E-state index is 12.9. The van der Waals surface area contributed by atoms with Gasteiger partial charge in [0, 0.05) is 28.2 Å². The average Bonchev–Trinajstić information content (AvgIpc) is 2.89. The zero-order valence-corrected chi connectivity index (χ0v) is 19.9. The first-order valence-electron chi connectivity index (χ1n) is 11.8. The summed E-state index contributed by atoms with van der Waals surface area (Å²) in [5.41, 5.74) is 3.70. The lowest BCUT2D eigenvalue weighted by molar-refractivity contribution is 0.103. The number of phenolic OH excluding ortho intramolecular Hbond substituents is 1. The van der Waals surface area contributed by atoms with E-state index >= 15 is 0 Å². The molecule has 0 saturated carbocycles. The summed E-state index contributed by atoms with van der Waals surface area (Å²) in [6.07, 6.45) is 10.1. The Hall–Kier alpha value is -4.18. The Labute approximate surface area is 205 Å². The van der Waals surface area contributed by atoms with Crippen LogP contribution in [0.2, 0.25) is 0 Å². The van der Waals surface area contributed by atoms with Crippen LogP contribution in [0, 0.1) is 5.92 Å². The van der Waals surface area contributed by atoms with Gasteiger partial charge in [0.1, 0.15) is 17.2 Å². The average molecular weight is 465 g/mol. The van der Waals surface area contributed by atoms with Crippen LogP contribution in [0.15, 0.2) is 108 Å². The number of ketones is 2. The van der Waals surface area contributed by atoms with Gasteiger partial charge in [-0.05, 0) is 92.6 Å². The van der Waals surface area contributed by atoms with Crippen LogP contribution in [0.5, 0.6) is 17.2 Å². The van der Waals surface area contributed by atoms with E-state index in [2.05, 4.69) is 26.0 Å². The van der Waals surface area contributed by atoms with Crippen molar-refractivity contribution < 1.29 is 19.4 Å². The lowest BCUT2D eigenvalue weighted by Crippen LogP contribution is -2.08. The van der Waals surface area contributed by atoms with Crippen molar-refractivity contribution in [3.63, 3.8) is 0 Å². The fourth-order valence-electron chi connectivity index (χ4n) is 4.03. The highest BCUT2D eigenvalue weighted by Crippen LogP contribution is 2.27. The topological polar surface area (TPSA) is 63.6 Å². The lowest BCUT2D eigenvalue weighted by Gasteiger charge is -2.16. The van der Waals surface area contributed by atoms with Gasteiger partial charge in [0.2, 0.25) is 0 Å². The van der Waals surface area contributed by atoms with Crippen molar-refractivity contribution in [2.45, 2.75) is 26.7 Å². The van der Waals surface area contributed by atoms with E-state index in [1.807, 2.05) is 12.2 Å². The van der Waals surface area contributed by atoms with Crippen molar-refractivity contribution in [2.75, 3.05) is 0 Å². The van der Waals surface area contributed by atoms with Crippen molar-refractivity contribution in [3.8, 4) is 17.2 Å². The molecule has 0 amide bonds. The highest BCUT2D eigenvalue weighted by atomic mass is 16.5. The molecule has 35 heavy (non-hydrogen) atoms. The van der Waals surface area contributed by atoms with E-state index in [0.29, 0.717) is 39.7 Å². The number of carbonyl (C=O) groups is 2. The molecule has 0 heterocycles. The minimum atomic E-state index is -0.131. The molecule has 3 aromatic rings. The molecule has 0 radical (unpaired) electrons. The highest BCUT2D eigenvalue weighted by molar-refractivity contribution is 6.10. The van der Waals surface area contributed by atoms with Gasteiger partial charge in [0.15, 0.2) is 11.6 Å². The Bertz CT molecular complexity index is 1290. The summed E-state index contributed by atoms with van der Waals surface area (Å²) in [6, 6.07) is 20.1.